The predicted octanol–water partition coefficient (Wildman–Crippen LogP) is 4.31. The minimum Gasteiger partial charge on any atom is -0.463 e. The molecule has 29 heavy (non-hydrogen) atoms. The monoisotopic (exact) mass is 393 g/mol. The third-order valence-electron chi connectivity index (χ3n) is 4.69. The van der Waals surface area contributed by atoms with Gasteiger partial charge in [0.05, 0.1) is 18.7 Å². The molecule has 0 amide bonds. The Morgan fingerprint density at radius 3 is 2.76 bits per heavy atom. The van der Waals surface area contributed by atoms with E-state index >= 15 is 0 Å². The van der Waals surface area contributed by atoms with Crippen LogP contribution >= 0.6 is 0 Å². The summed E-state index contributed by atoms with van der Waals surface area (Å²) in [6.07, 6.45) is 5.14. The number of rotatable bonds is 10. The van der Waals surface area contributed by atoms with Crippen LogP contribution < -0.4 is 0 Å². The summed E-state index contributed by atoms with van der Waals surface area (Å²) in [6.45, 7) is 6.31. The zero-order valence-corrected chi connectivity index (χ0v) is 17.0. The molecule has 152 valence electrons. The number of carbonyl (C=O) groups is 1. The summed E-state index contributed by atoms with van der Waals surface area (Å²) >= 11 is 0. The molecule has 0 aliphatic heterocycles. The number of nitrogens with zero attached hydrogens (tertiary/aromatic N) is 3. The zero-order chi connectivity index (χ0) is 20.5. The Hall–Kier alpha value is -2.99. The number of esters is 1. The third-order valence-corrected chi connectivity index (χ3v) is 4.69. The van der Waals surface area contributed by atoms with E-state index < -0.39 is 0 Å². The SMILES string of the molecule is CCOC(=O)/C=C/c1ccc2c(nnn2CCCCOCc2ccccc2)c1C. The van der Waals surface area contributed by atoms with Crippen LogP contribution in [0, 0.1) is 6.92 Å². The minimum atomic E-state index is -0.342. The van der Waals surface area contributed by atoms with Gasteiger partial charge in [0.1, 0.15) is 5.52 Å². The predicted molar refractivity (Wildman–Crippen MR) is 113 cm³/mol. The lowest BCUT2D eigenvalue weighted by Gasteiger charge is -2.06. The Bertz CT molecular complexity index is 964. The fourth-order valence-electron chi connectivity index (χ4n) is 3.11. The summed E-state index contributed by atoms with van der Waals surface area (Å²) in [6, 6.07) is 14.2. The molecule has 3 aromatic rings. The topological polar surface area (TPSA) is 66.2 Å². The van der Waals surface area contributed by atoms with E-state index in [2.05, 4.69) is 22.4 Å². The normalized spacial score (nSPS) is 11.4. The highest BCUT2D eigenvalue weighted by Gasteiger charge is 2.09. The summed E-state index contributed by atoms with van der Waals surface area (Å²) in [7, 11) is 0. The van der Waals surface area contributed by atoms with Crippen LogP contribution in [0.25, 0.3) is 17.1 Å². The van der Waals surface area contributed by atoms with Crippen LogP contribution in [0.2, 0.25) is 0 Å². The highest BCUT2D eigenvalue weighted by atomic mass is 16.5. The van der Waals surface area contributed by atoms with Crippen LogP contribution in [0.3, 0.4) is 0 Å². The second-order valence-corrected chi connectivity index (χ2v) is 6.79. The maximum Gasteiger partial charge on any atom is 0.330 e. The summed E-state index contributed by atoms with van der Waals surface area (Å²) in [5.41, 5.74) is 4.99. The van der Waals surface area contributed by atoms with Crippen molar-refractivity contribution in [1.82, 2.24) is 15.0 Å². The van der Waals surface area contributed by atoms with Crippen LogP contribution in [0.5, 0.6) is 0 Å². The molecular weight excluding hydrogens is 366 g/mol. The van der Waals surface area contributed by atoms with Crippen molar-refractivity contribution in [2.75, 3.05) is 13.2 Å². The molecule has 0 N–H and O–H groups in total. The molecule has 0 saturated heterocycles. The first-order valence-electron chi connectivity index (χ1n) is 9.98. The van der Waals surface area contributed by atoms with E-state index in [0.29, 0.717) is 13.2 Å². The lowest BCUT2D eigenvalue weighted by atomic mass is 10.1. The summed E-state index contributed by atoms with van der Waals surface area (Å²) in [5.74, 6) is -0.342. The highest BCUT2D eigenvalue weighted by molar-refractivity contribution is 5.89. The van der Waals surface area contributed by atoms with Crippen molar-refractivity contribution in [2.24, 2.45) is 0 Å². The minimum absolute atomic E-state index is 0.342. The van der Waals surface area contributed by atoms with Gasteiger partial charge in [-0.2, -0.15) is 0 Å². The number of aromatic nitrogens is 3. The van der Waals surface area contributed by atoms with Crippen LogP contribution in [-0.4, -0.2) is 34.2 Å². The number of aryl methyl sites for hydroxylation is 2. The van der Waals surface area contributed by atoms with Crippen molar-refractivity contribution in [2.45, 2.75) is 39.8 Å². The van der Waals surface area contributed by atoms with Crippen molar-refractivity contribution in [3.05, 3.63) is 65.2 Å². The molecule has 0 atom stereocenters. The smallest absolute Gasteiger partial charge is 0.330 e. The molecule has 3 rings (SSSR count). The number of ether oxygens (including phenoxy) is 2. The molecular formula is C23H27N3O3. The molecule has 0 fully saturated rings. The first-order valence-corrected chi connectivity index (χ1v) is 9.98. The van der Waals surface area contributed by atoms with E-state index in [1.807, 2.05) is 41.9 Å². The van der Waals surface area contributed by atoms with E-state index in [1.54, 1.807) is 13.0 Å². The maximum atomic E-state index is 11.5. The number of carbonyl (C=O) groups excluding carboxylic acids is 1. The number of unbranched alkanes of at least 4 members (excludes halogenated alkanes) is 1. The molecule has 0 unspecified atom stereocenters. The number of hydrogen-bond donors (Lipinski definition) is 0. The summed E-state index contributed by atoms with van der Waals surface area (Å²) in [4.78, 5) is 11.5. The molecule has 6 heteroatoms. The molecule has 2 aromatic carbocycles. The van der Waals surface area contributed by atoms with E-state index in [9.17, 15) is 4.79 Å². The fraction of sp³-hybridized carbons (Fsp3) is 0.348. The molecule has 1 heterocycles. The molecule has 0 spiro atoms. The Labute approximate surface area is 171 Å². The first kappa shape index (κ1) is 20.7. The van der Waals surface area contributed by atoms with Gasteiger partial charge in [0.2, 0.25) is 0 Å². The van der Waals surface area contributed by atoms with E-state index in [-0.39, 0.29) is 5.97 Å². The van der Waals surface area contributed by atoms with Crippen molar-refractivity contribution in [1.29, 1.82) is 0 Å². The number of hydrogen-bond acceptors (Lipinski definition) is 5. The van der Waals surface area contributed by atoms with Gasteiger partial charge < -0.3 is 9.47 Å². The molecule has 0 radical (unpaired) electrons. The Kier molecular flexibility index (Phi) is 7.53. The summed E-state index contributed by atoms with van der Waals surface area (Å²) in [5, 5.41) is 8.63. The van der Waals surface area contributed by atoms with Gasteiger partial charge in [0, 0.05) is 19.2 Å². The van der Waals surface area contributed by atoms with Gasteiger partial charge in [-0.15, -0.1) is 5.10 Å². The van der Waals surface area contributed by atoms with Crippen LogP contribution in [0.15, 0.2) is 48.5 Å². The quantitative estimate of drug-likeness (QED) is 0.292. The lowest BCUT2D eigenvalue weighted by molar-refractivity contribution is -0.137. The number of fused-ring (bicyclic) bond motifs is 1. The van der Waals surface area contributed by atoms with Gasteiger partial charge in [-0.1, -0.05) is 41.6 Å². The molecule has 0 saturated carbocycles. The van der Waals surface area contributed by atoms with E-state index in [4.69, 9.17) is 9.47 Å². The van der Waals surface area contributed by atoms with Crippen LogP contribution in [0.1, 0.15) is 36.5 Å². The van der Waals surface area contributed by atoms with Crippen molar-refractivity contribution >= 4 is 23.1 Å². The second kappa shape index (κ2) is 10.5. The molecule has 1 aromatic heterocycles. The van der Waals surface area contributed by atoms with Gasteiger partial charge in [0.15, 0.2) is 0 Å². The summed E-state index contributed by atoms with van der Waals surface area (Å²) < 4.78 is 12.6. The van der Waals surface area contributed by atoms with E-state index in [1.165, 1.54) is 11.6 Å². The zero-order valence-electron chi connectivity index (χ0n) is 17.0. The van der Waals surface area contributed by atoms with Gasteiger partial charge in [-0.3, -0.25) is 0 Å². The van der Waals surface area contributed by atoms with E-state index in [0.717, 1.165) is 48.2 Å². The van der Waals surface area contributed by atoms with Crippen molar-refractivity contribution in [3.8, 4) is 0 Å². The lowest BCUT2D eigenvalue weighted by Crippen LogP contribution is -2.03. The second-order valence-electron chi connectivity index (χ2n) is 6.79. The van der Waals surface area contributed by atoms with Gasteiger partial charge >= 0.3 is 5.97 Å². The van der Waals surface area contributed by atoms with Crippen molar-refractivity contribution < 1.29 is 14.3 Å². The largest absolute Gasteiger partial charge is 0.463 e. The maximum absolute atomic E-state index is 11.5. The Balaban J connectivity index is 1.51. The Morgan fingerprint density at radius 1 is 1.14 bits per heavy atom. The Morgan fingerprint density at radius 2 is 1.97 bits per heavy atom. The third kappa shape index (κ3) is 5.74. The average molecular weight is 393 g/mol. The van der Waals surface area contributed by atoms with Gasteiger partial charge in [0.25, 0.3) is 0 Å². The highest BCUT2D eigenvalue weighted by Crippen LogP contribution is 2.21. The first-order chi connectivity index (χ1) is 14.2. The number of benzene rings is 2. The standard InChI is InChI=1S/C23H27N3O3/c1-3-29-22(27)14-12-20-11-13-21-23(18(20)2)24-25-26(21)15-7-8-16-28-17-19-9-5-4-6-10-19/h4-6,9-14H,3,7-8,15-17H2,1-2H3/b14-12+. The van der Waals surface area contributed by atoms with Crippen LogP contribution in [0.4, 0.5) is 0 Å². The molecule has 6 nitrogen and oxygen atoms in total. The molecule has 0 bridgehead atoms. The molecule has 0 aliphatic rings. The van der Waals surface area contributed by atoms with Crippen molar-refractivity contribution in [3.63, 3.8) is 0 Å². The molecule has 0 aliphatic carbocycles. The average Bonchev–Trinajstić information content (AvgIpc) is 3.15. The van der Waals surface area contributed by atoms with Crippen LogP contribution in [-0.2, 0) is 27.4 Å². The fourth-order valence-corrected chi connectivity index (χ4v) is 3.11. The van der Waals surface area contributed by atoms with Gasteiger partial charge in [-0.05, 0) is 55.5 Å². The van der Waals surface area contributed by atoms with Gasteiger partial charge in [-0.25, -0.2) is 9.48 Å².